The van der Waals surface area contributed by atoms with Gasteiger partial charge in [-0.1, -0.05) is 23.5 Å². The molecule has 1 aliphatic heterocycles. The molecule has 0 bridgehead atoms. The zero-order valence-corrected chi connectivity index (χ0v) is 16.1. The predicted octanol–water partition coefficient (Wildman–Crippen LogP) is 1.09. The van der Waals surface area contributed by atoms with Crippen molar-refractivity contribution in [3.8, 4) is 16.3 Å². The van der Waals surface area contributed by atoms with Crippen LogP contribution in [0, 0.1) is 13.8 Å². The normalized spacial score (nSPS) is 13.2. The van der Waals surface area contributed by atoms with E-state index >= 15 is 0 Å². The van der Waals surface area contributed by atoms with E-state index in [1.54, 1.807) is 17.5 Å². The van der Waals surface area contributed by atoms with Crippen LogP contribution >= 0.6 is 11.3 Å². The van der Waals surface area contributed by atoms with Gasteiger partial charge in [-0.3, -0.25) is 24.3 Å². The number of imide groups is 1. The number of nitrogen functional groups attached to an aromatic ring is 1. The molecule has 11 heteroatoms. The maximum absolute atomic E-state index is 12.8. The van der Waals surface area contributed by atoms with Crippen LogP contribution in [0.4, 0.5) is 5.82 Å². The van der Waals surface area contributed by atoms with Crippen LogP contribution in [0.2, 0.25) is 0 Å². The number of hydrogen-bond donors (Lipinski definition) is 2. The Morgan fingerprint density at radius 2 is 1.86 bits per heavy atom. The Bertz CT molecular complexity index is 1430. The lowest BCUT2D eigenvalue weighted by Crippen LogP contribution is -2.24. The second kappa shape index (κ2) is 5.82. The maximum atomic E-state index is 12.8. The van der Waals surface area contributed by atoms with E-state index in [2.05, 4.69) is 20.6 Å². The molecule has 3 aromatic heterocycles. The van der Waals surface area contributed by atoms with Crippen molar-refractivity contribution in [3.05, 3.63) is 57.1 Å². The highest BCUT2D eigenvalue weighted by molar-refractivity contribution is 7.19. The summed E-state index contributed by atoms with van der Waals surface area (Å²) in [5.41, 5.74) is 7.69. The van der Waals surface area contributed by atoms with E-state index < -0.39 is 17.4 Å². The van der Waals surface area contributed by atoms with E-state index in [1.165, 1.54) is 15.9 Å². The summed E-state index contributed by atoms with van der Waals surface area (Å²) in [6.07, 6.45) is 0. The molecule has 0 spiro atoms. The van der Waals surface area contributed by atoms with Gasteiger partial charge in [0.05, 0.1) is 16.8 Å². The molecule has 0 saturated heterocycles. The van der Waals surface area contributed by atoms with Gasteiger partial charge < -0.3 is 5.73 Å². The molecule has 0 fully saturated rings. The molecule has 3 N–H and O–H groups in total. The van der Waals surface area contributed by atoms with Crippen molar-refractivity contribution >= 4 is 33.9 Å². The molecule has 1 aliphatic rings. The van der Waals surface area contributed by atoms with E-state index in [0.29, 0.717) is 21.5 Å². The standard InChI is InChI=1S/C18H13N7O3S/c1-7-3-4-9(17-23-25-8(2)21-22-18(25)29-17)5-11(7)24-12(26)6-10-13(14(24)19)16(28)20-15(10)27/h3-6H,19H2,1-2H3,(H,20,27,28). The SMILES string of the molecule is Cc1ccc(-c2nn3c(C)nnc3s2)cc1-n1c(N)c2c(cc1=O)C(=O)NC2=O. The summed E-state index contributed by atoms with van der Waals surface area (Å²) in [6.45, 7) is 3.63. The minimum absolute atomic E-state index is 0.00770. The first kappa shape index (κ1) is 17.3. The third-order valence-corrected chi connectivity index (χ3v) is 5.74. The number of aryl methyl sites for hydroxylation is 2. The van der Waals surface area contributed by atoms with Gasteiger partial charge >= 0.3 is 0 Å². The van der Waals surface area contributed by atoms with E-state index in [4.69, 9.17) is 5.73 Å². The number of benzene rings is 1. The van der Waals surface area contributed by atoms with Gasteiger partial charge in [-0.15, -0.1) is 10.2 Å². The molecule has 0 unspecified atom stereocenters. The highest BCUT2D eigenvalue weighted by Crippen LogP contribution is 2.30. The second-order valence-corrected chi connectivity index (χ2v) is 7.58. The lowest BCUT2D eigenvalue weighted by Gasteiger charge is -2.15. The number of hydrogen-bond acceptors (Lipinski definition) is 8. The minimum atomic E-state index is -0.624. The monoisotopic (exact) mass is 407 g/mol. The van der Waals surface area contributed by atoms with Crippen LogP contribution in [0.15, 0.2) is 29.1 Å². The number of aromatic nitrogens is 5. The molecule has 4 aromatic rings. The van der Waals surface area contributed by atoms with Crippen LogP contribution in [0.25, 0.3) is 21.2 Å². The van der Waals surface area contributed by atoms with E-state index in [0.717, 1.165) is 17.2 Å². The summed E-state index contributed by atoms with van der Waals surface area (Å²) in [6, 6.07) is 6.62. The number of anilines is 1. The molecule has 0 aliphatic carbocycles. The van der Waals surface area contributed by atoms with Gasteiger partial charge in [0.1, 0.15) is 10.8 Å². The Kier molecular flexibility index (Phi) is 3.46. The van der Waals surface area contributed by atoms with Crippen LogP contribution in [-0.2, 0) is 0 Å². The van der Waals surface area contributed by atoms with Gasteiger partial charge in [-0.05, 0) is 25.5 Å². The number of pyridine rings is 1. The molecular weight excluding hydrogens is 394 g/mol. The number of rotatable bonds is 2. The fourth-order valence-electron chi connectivity index (χ4n) is 3.34. The average molecular weight is 407 g/mol. The highest BCUT2D eigenvalue weighted by Gasteiger charge is 2.32. The lowest BCUT2D eigenvalue weighted by atomic mass is 10.1. The summed E-state index contributed by atoms with van der Waals surface area (Å²) >= 11 is 1.36. The van der Waals surface area contributed by atoms with Crippen molar-refractivity contribution in [2.75, 3.05) is 5.73 Å². The number of nitrogens with zero attached hydrogens (tertiary/aromatic N) is 5. The molecule has 5 rings (SSSR count). The summed E-state index contributed by atoms with van der Waals surface area (Å²) in [7, 11) is 0. The summed E-state index contributed by atoms with van der Waals surface area (Å²) in [4.78, 5) is 37.4. The van der Waals surface area contributed by atoms with E-state index in [1.807, 2.05) is 19.1 Å². The van der Waals surface area contributed by atoms with Crippen LogP contribution in [-0.4, -0.2) is 36.2 Å². The third-order valence-electron chi connectivity index (χ3n) is 4.80. The number of nitrogens with two attached hydrogens (primary N) is 1. The number of carbonyl (C=O) groups is 2. The Morgan fingerprint density at radius 1 is 1.07 bits per heavy atom. The first-order valence-corrected chi connectivity index (χ1v) is 9.38. The fourth-order valence-corrected chi connectivity index (χ4v) is 4.22. The molecule has 4 heterocycles. The average Bonchev–Trinajstić information content (AvgIpc) is 3.32. The maximum Gasteiger partial charge on any atom is 0.262 e. The van der Waals surface area contributed by atoms with Crippen LogP contribution in [0.3, 0.4) is 0 Å². The number of fused-ring (bicyclic) bond motifs is 2. The van der Waals surface area contributed by atoms with Crippen molar-refractivity contribution < 1.29 is 9.59 Å². The number of nitrogens with one attached hydrogen (secondary N) is 1. The van der Waals surface area contributed by atoms with Crippen molar-refractivity contribution in [1.82, 2.24) is 29.7 Å². The van der Waals surface area contributed by atoms with Crippen molar-refractivity contribution in [2.24, 2.45) is 0 Å². The molecule has 2 amide bonds. The number of amides is 2. The van der Waals surface area contributed by atoms with Gasteiger partial charge in [-0.25, -0.2) is 0 Å². The van der Waals surface area contributed by atoms with Crippen molar-refractivity contribution in [3.63, 3.8) is 0 Å². The zero-order valence-electron chi connectivity index (χ0n) is 15.3. The van der Waals surface area contributed by atoms with Gasteiger partial charge in [0.25, 0.3) is 17.4 Å². The minimum Gasteiger partial charge on any atom is -0.384 e. The molecule has 0 radical (unpaired) electrons. The summed E-state index contributed by atoms with van der Waals surface area (Å²) in [5, 5.41) is 15.4. The van der Waals surface area contributed by atoms with Crippen LogP contribution in [0.5, 0.6) is 0 Å². The first-order chi connectivity index (χ1) is 13.8. The zero-order chi connectivity index (χ0) is 20.4. The van der Waals surface area contributed by atoms with E-state index in [-0.39, 0.29) is 16.9 Å². The molecule has 0 saturated carbocycles. The molecular formula is C18H13N7O3S. The van der Waals surface area contributed by atoms with Gasteiger partial charge in [0.15, 0.2) is 5.82 Å². The summed E-state index contributed by atoms with van der Waals surface area (Å²) < 4.78 is 2.88. The second-order valence-electron chi connectivity index (χ2n) is 6.63. The topological polar surface area (TPSA) is 137 Å². The lowest BCUT2D eigenvalue weighted by molar-refractivity contribution is 0.0880. The Morgan fingerprint density at radius 3 is 2.62 bits per heavy atom. The van der Waals surface area contributed by atoms with Gasteiger partial charge in [0, 0.05) is 11.6 Å². The largest absolute Gasteiger partial charge is 0.384 e. The Hall–Kier alpha value is -3.86. The summed E-state index contributed by atoms with van der Waals surface area (Å²) in [5.74, 6) is -0.648. The quantitative estimate of drug-likeness (QED) is 0.474. The molecule has 29 heavy (non-hydrogen) atoms. The van der Waals surface area contributed by atoms with Gasteiger partial charge in [-0.2, -0.15) is 9.61 Å². The Balaban J connectivity index is 1.72. The first-order valence-electron chi connectivity index (χ1n) is 8.56. The Labute approximate surface area is 166 Å². The highest BCUT2D eigenvalue weighted by atomic mass is 32.1. The predicted molar refractivity (Wildman–Crippen MR) is 105 cm³/mol. The van der Waals surface area contributed by atoms with E-state index in [9.17, 15) is 14.4 Å². The van der Waals surface area contributed by atoms with Crippen molar-refractivity contribution in [1.29, 1.82) is 0 Å². The molecule has 144 valence electrons. The van der Waals surface area contributed by atoms with Crippen LogP contribution in [0.1, 0.15) is 32.1 Å². The molecule has 10 nitrogen and oxygen atoms in total. The number of carbonyl (C=O) groups excluding carboxylic acids is 2. The third kappa shape index (κ3) is 2.41. The van der Waals surface area contributed by atoms with Gasteiger partial charge in [0.2, 0.25) is 4.96 Å². The molecule has 0 atom stereocenters. The fraction of sp³-hybridized carbons (Fsp3) is 0.111. The molecule has 1 aromatic carbocycles. The van der Waals surface area contributed by atoms with Crippen LogP contribution < -0.4 is 16.6 Å². The van der Waals surface area contributed by atoms with Crippen molar-refractivity contribution in [2.45, 2.75) is 13.8 Å². The smallest absolute Gasteiger partial charge is 0.262 e.